The molecule has 1 fully saturated rings. The minimum Gasteiger partial charge on any atom is -0.507 e. The molecule has 0 saturated carbocycles. The van der Waals surface area contributed by atoms with Gasteiger partial charge >= 0.3 is 0 Å². The van der Waals surface area contributed by atoms with Crippen LogP contribution in [0.1, 0.15) is 36.8 Å². The number of allylic oxidation sites excluding steroid dienone is 6. The lowest BCUT2D eigenvalue weighted by atomic mass is 9.59. The highest BCUT2D eigenvalue weighted by Gasteiger charge is 2.56. The van der Waals surface area contributed by atoms with E-state index >= 15 is 0 Å². The number of hydrogen-bond donors (Lipinski definition) is 1. The number of carbonyl (C=O) groups is 4. The van der Waals surface area contributed by atoms with E-state index in [-0.39, 0.29) is 35.6 Å². The van der Waals surface area contributed by atoms with Crippen molar-refractivity contribution >= 4 is 45.9 Å². The van der Waals surface area contributed by atoms with Gasteiger partial charge in [0, 0.05) is 28.0 Å². The number of carbonyl (C=O) groups excluding carboxylic acids is 4. The number of amides is 2. The summed E-state index contributed by atoms with van der Waals surface area (Å²) in [5.74, 6) is -2.96. The van der Waals surface area contributed by atoms with E-state index in [1.807, 2.05) is 42.5 Å². The molecule has 2 amide bonds. The van der Waals surface area contributed by atoms with Crippen molar-refractivity contribution in [2.45, 2.75) is 25.7 Å². The van der Waals surface area contributed by atoms with Gasteiger partial charge in [-0.3, -0.25) is 24.1 Å². The molecule has 41 heavy (non-hydrogen) atoms. The lowest BCUT2D eigenvalue weighted by Gasteiger charge is -2.42. The maximum absolute atomic E-state index is 14.1. The third-order valence-corrected chi connectivity index (χ3v) is 9.19. The van der Waals surface area contributed by atoms with Crippen molar-refractivity contribution in [1.82, 2.24) is 0 Å². The number of phenolic OH excluding ortho intramolecular Hbond substituents is 1. The molecule has 6 nitrogen and oxygen atoms in total. The van der Waals surface area contributed by atoms with Crippen molar-refractivity contribution in [3.8, 4) is 5.75 Å². The summed E-state index contributed by atoms with van der Waals surface area (Å²) in [5, 5.41) is 12.0. The van der Waals surface area contributed by atoms with Gasteiger partial charge in [-0.25, -0.2) is 0 Å². The normalized spacial score (nSPS) is 25.5. The van der Waals surface area contributed by atoms with E-state index in [1.54, 1.807) is 37.3 Å². The van der Waals surface area contributed by atoms with Crippen molar-refractivity contribution in [2.75, 3.05) is 4.90 Å². The van der Waals surface area contributed by atoms with Crippen molar-refractivity contribution < 1.29 is 24.3 Å². The van der Waals surface area contributed by atoms with Crippen LogP contribution in [0.15, 0.2) is 102 Å². The van der Waals surface area contributed by atoms with E-state index in [0.29, 0.717) is 34.2 Å². The summed E-state index contributed by atoms with van der Waals surface area (Å²) < 4.78 is 0. The van der Waals surface area contributed by atoms with Gasteiger partial charge in [-0.05, 0) is 66.5 Å². The van der Waals surface area contributed by atoms with Gasteiger partial charge in [-0.1, -0.05) is 66.8 Å². The van der Waals surface area contributed by atoms with Gasteiger partial charge in [0.1, 0.15) is 5.75 Å². The van der Waals surface area contributed by atoms with Crippen LogP contribution in [0, 0.1) is 17.8 Å². The highest BCUT2D eigenvalue weighted by molar-refractivity contribution is 6.25. The number of hydrogen-bond acceptors (Lipinski definition) is 5. The monoisotopic (exact) mass is 541 g/mol. The molecule has 7 rings (SSSR count). The van der Waals surface area contributed by atoms with Crippen molar-refractivity contribution in [1.29, 1.82) is 0 Å². The van der Waals surface area contributed by atoms with Gasteiger partial charge in [-0.2, -0.15) is 0 Å². The average Bonchev–Trinajstić information content (AvgIpc) is 3.25. The van der Waals surface area contributed by atoms with E-state index in [2.05, 4.69) is 6.58 Å². The number of imide groups is 1. The number of benzene rings is 3. The Hall–Kier alpha value is -4.84. The SMILES string of the molecule is C=Cc1ccc(N2C(=O)[C@H]3[C@H](CC=C4[C@H](c5ccc(O)c6ccccc56)C5=C(C[C@H]43)C(=O)C(C)=CC5=O)C2=O)cc1. The van der Waals surface area contributed by atoms with Gasteiger partial charge in [0.2, 0.25) is 11.8 Å². The first-order valence-corrected chi connectivity index (χ1v) is 13.8. The first-order chi connectivity index (χ1) is 19.8. The van der Waals surface area contributed by atoms with Crippen LogP contribution < -0.4 is 4.90 Å². The molecule has 3 aromatic carbocycles. The van der Waals surface area contributed by atoms with Gasteiger partial charge in [0.15, 0.2) is 11.6 Å². The zero-order valence-electron chi connectivity index (χ0n) is 22.5. The molecule has 0 spiro atoms. The first-order valence-electron chi connectivity index (χ1n) is 13.8. The maximum Gasteiger partial charge on any atom is 0.238 e. The number of ketones is 2. The number of rotatable bonds is 3. The fourth-order valence-electron chi connectivity index (χ4n) is 7.31. The van der Waals surface area contributed by atoms with Crippen molar-refractivity contribution in [2.24, 2.45) is 17.8 Å². The number of fused-ring (bicyclic) bond motifs is 4. The Morgan fingerprint density at radius 3 is 2.37 bits per heavy atom. The zero-order chi connectivity index (χ0) is 28.6. The molecule has 202 valence electrons. The summed E-state index contributed by atoms with van der Waals surface area (Å²) in [6.45, 7) is 5.41. The molecule has 3 aliphatic carbocycles. The Morgan fingerprint density at radius 1 is 0.902 bits per heavy atom. The smallest absolute Gasteiger partial charge is 0.238 e. The van der Waals surface area contributed by atoms with Crippen LogP contribution in [0.2, 0.25) is 0 Å². The fourth-order valence-corrected chi connectivity index (χ4v) is 7.31. The number of nitrogens with zero attached hydrogens (tertiary/aromatic N) is 1. The quantitative estimate of drug-likeness (QED) is 0.256. The Labute approximate surface area is 237 Å². The Bertz CT molecular complexity index is 1820. The van der Waals surface area contributed by atoms with Crippen LogP contribution in [0.25, 0.3) is 16.8 Å². The van der Waals surface area contributed by atoms with Crippen LogP contribution >= 0.6 is 0 Å². The molecule has 6 heteroatoms. The van der Waals surface area contributed by atoms with Gasteiger partial charge in [0.05, 0.1) is 17.5 Å². The van der Waals surface area contributed by atoms with Gasteiger partial charge < -0.3 is 5.11 Å². The molecule has 0 unspecified atom stereocenters. The second-order valence-corrected chi connectivity index (χ2v) is 11.3. The summed E-state index contributed by atoms with van der Waals surface area (Å²) >= 11 is 0. The molecule has 1 heterocycles. The number of aromatic hydroxyl groups is 1. The minimum absolute atomic E-state index is 0.125. The minimum atomic E-state index is -0.643. The first kappa shape index (κ1) is 25.1. The number of phenols is 1. The van der Waals surface area contributed by atoms with Gasteiger partial charge in [0.25, 0.3) is 0 Å². The Kier molecular flexibility index (Phi) is 5.58. The molecular weight excluding hydrogens is 514 g/mol. The molecule has 0 bridgehead atoms. The molecule has 1 N–H and O–H groups in total. The Balaban J connectivity index is 1.40. The lowest BCUT2D eigenvalue weighted by Crippen LogP contribution is -2.39. The molecule has 4 atom stereocenters. The topological polar surface area (TPSA) is 91.8 Å². The lowest BCUT2D eigenvalue weighted by molar-refractivity contribution is -0.123. The molecule has 1 saturated heterocycles. The third-order valence-electron chi connectivity index (χ3n) is 9.19. The zero-order valence-corrected chi connectivity index (χ0v) is 22.5. The van der Waals surface area contributed by atoms with E-state index in [1.165, 1.54) is 11.0 Å². The summed E-state index contributed by atoms with van der Waals surface area (Å²) in [5.41, 5.74) is 4.32. The van der Waals surface area contributed by atoms with Crippen LogP contribution in [-0.2, 0) is 19.2 Å². The summed E-state index contributed by atoms with van der Waals surface area (Å²) in [7, 11) is 0. The second-order valence-electron chi connectivity index (χ2n) is 11.3. The number of anilines is 1. The fraction of sp³-hybridized carbons (Fsp3) is 0.200. The molecule has 1 aliphatic heterocycles. The van der Waals surface area contributed by atoms with E-state index in [0.717, 1.165) is 22.1 Å². The van der Waals surface area contributed by atoms with Crippen molar-refractivity contribution in [3.63, 3.8) is 0 Å². The molecule has 0 radical (unpaired) electrons. The predicted octanol–water partition coefficient (Wildman–Crippen LogP) is 5.82. The van der Waals surface area contributed by atoms with E-state index in [9.17, 15) is 24.3 Å². The van der Waals surface area contributed by atoms with Crippen LogP contribution in [0.5, 0.6) is 5.75 Å². The summed E-state index contributed by atoms with van der Waals surface area (Å²) in [4.78, 5) is 56.2. The summed E-state index contributed by atoms with van der Waals surface area (Å²) in [6.07, 6.45) is 5.72. The highest BCUT2D eigenvalue weighted by Crippen LogP contribution is 2.56. The Morgan fingerprint density at radius 2 is 1.63 bits per heavy atom. The van der Waals surface area contributed by atoms with E-state index < -0.39 is 23.7 Å². The van der Waals surface area contributed by atoms with E-state index in [4.69, 9.17) is 0 Å². The standard InChI is InChI=1S/C35H27NO5/c1-3-19-8-10-20(11-9-19)36-34(40)25-13-12-24-26(31(25)35(36)41)17-27-32(29(38)16-18(2)33(27)39)30(24)23-14-15-28(37)22-7-5-4-6-21(22)23/h3-12,14-16,25-26,30-31,37H,1,13,17H2,2H3/t25-,26+,30-,31-/m0/s1. The molecular formula is C35H27NO5. The average molecular weight is 542 g/mol. The van der Waals surface area contributed by atoms with Crippen LogP contribution in [0.3, 0.4) is 0 Å². The summed E-state index contributed by atoms with van der Waals surface area (Å²) in [6, 6.07) is 18.0. The van der Waals surface area contributed by atoms with Crippen molar-refractivity contribution in [3.05, 3.63) is 113 Å². The second kappa shape index (κ2) is 9.10. The molecule has 4 aliphatic rings. The highest BCUT2D eigenvalue weighted by atomic mass is 16.3. The van der Waals surface area contributed by atoms with Gasteiger partial charge in [-0.15, -0.1) is 0 Å². The molecule has 3 aromatic rings. The van der Waals surface area contributed by atoms with Crippen LogP contribution in [0.4, 0.5) is 5.69 Å². The van der Waals surface area contributed by atoms with Crippen LogP contribution in [-0.4, -0.2) is 28.5 Å². The maximum atomic E-state index is 14.1. The third kappa shape index (κ3) is 3.56. The molecule has 0 aromatic heterocycles. The predicted molar refractivity (Wildman–Crippen MR) is 156 cm³/mol. The largest absolute Gasteiger partial charge is 0.507 e. The number of Topliss-reactive ketones (excluding diaryl/α,β-unsaturated/α-hetero) is 1.